The van der Waals surface area contributed by atoms with Gasteiger partial charge in [0.1, 0.15) is 16.7 Å². The fraction of sp³-hybridized carbons (Fsp3) is 0.211. The lowest BCUT2D eigenvalue weighted by molar-refractivity contribution is -0.137. The maximum absolute atomic E-state index is 12.9. The van der Waals surface area contributed by atoms with E-state index < -0.39 is 33.2 Å². The van der Waals surface area contributed by atoms with E-state index in [9.17, 15) is 21.6 Å². The van der Waals surface area contributed by atoms with Gasteiger partial charge in [0, 0.05) is 11.9 Å². The summed E-state index contributed by atoms with van der Waals surface area (Å²) in [6.07, 6.45) is -2.77. The normalized spacial score (nSPS) is 21.6. The van der Waals surface area contributed by atoms with Crippen molar-refractivity contribution in [2.45, 2.75) is 22.7 Å². The molecular formula is C19H18F3N5O2S2. The lowest BCUT2D eigenvalue weighted by atomic mass is 10.1. The average Bonchev–Trinajstić information content (AvgIpc) is 3.04. The Morgan fingerprint density at radius 3 is 2.32 bits per heavy atom. The molecule has 2 aromatic carbocycles. The van der Waals surface area contributed by atoms with Crippen molar-refractivity contribution in [2.75, 3.05) is 16.1 Å². The van der Waals surface area contributed by atoms with Crippen LogP contribution in [0.2, 0.25) is 0 Å². The number of aliphatic imine (C=N–C) groups is 1. The molecule has 0 fully saturated rings. The Bertz CT molecular complexity index is 1180. The number of alkyl halides is 3. The van der Waals surface area contributed by atoms with E-state index >= 15 is 0 Å². The molecule has 2 aliphatic rings. The molecule has 0 radical (unpaired) electrons. The van der Waals surface area contributed by atoms with Crippen molar-refractivity contribution in [3.05, 3.63) is 64.8 Å². The summed E-state index contributed by atoms with van der Waals surface area (Å²) in [5.74, 6) is 0. The molecule has 4 N–H and O–H groups in total. The van der Waals surface area contributed by atoms with Crippen LogP contribution in [0.15, 0.2) is 69.1 Å². The summed E-state index contributed by atoms with van der Waals surface area (Å²) < 4.78 is 63.3. The number of nitrogens with two attached hydrogens (primary N) is 2. The van der Waals surface area contributed by atoms with Crippen LogP contribution in [0.1, 0.15) is 5.56 Å². The molecule has 0 aliphatic carbocycles. The summed E-state index contributed by atoms with van der Waals surface area (Å²) in [6.45, 7) is 0. The van der Waals surface area contributed by atoms with Gasteiger partial charge in [-0.15, -0.1) is 0 Å². The number of halogens is 3. The van der Waals surface area contributed by atoms with Crippen LogP contribution < -0.4 is 21.3 Å². The van der Waals surface area contributed by atoms with E-state index in [2.05, 4.69) is 4.99 Å². The van der Waals surface area contributed by atoms with Gasteiger partial charge in [-0.2, -0.15) is 13.2 Å². The summed E-state index contributed by atoms with van der Waals surface area (Å²) in [4.78, 5) is 7.56. The number of nitrogens with zero attached hydrogens (tertiary/aromatic N) is 3. The zero-order chi connectivity index (χ0) is 22.6. The van der Waals surface area contributed by atoms with Gasteiger partial charge in [-0.3, -0.25) is 0 Å². The van der Waals surface area contributed by atoms with Gasteiger partial charge in [0.2, 0.25) is 0 Å². The number of thioether (sulfide) groups is 1. The molecule has 31 heavy (non-hydrogen) atoms. The topological polar surface area (TPSA) is 105 Å². The van der Waals surface area contributed by atoms with Crippen molar-refractivity contribution in [1.82, 2.24) is 0 Å². The molecule has 2 unspecified atom stereocenters. The second kappa shape index (κ2) is 7.55. The van der Waals surface area contributed by atoms with E-state index in [1.54, 1.807) is 23.1 Å². The number of benzene rings is 2. The minimum absolute atomic E-state index is 0.0858. The molecule has 2 atom stereocenters. The van der Waals surface area contributed by atoms with E-state index in [4.69, 9.17) is 11.5 Å². The predicted molar refractivity (Wildman–Crippen MR) is 115 cm³/mol. The van der Waals surface area contributed by atoms with Gasteiger partial charge in [-0.25, -0.2) is 13.4 Å². The largest absolute Gasteiger partial charge is 0.416 e. The van der Waals surface area contributed by atoms with Crippen LogP contribution in [0, 0.1) is 0 Å². The molecule has 0 spiro atoms. The molecule has 4 rings (SSSR count). The average molecular weight is 470 g/mol. The van der Waals surface area contributed by atoms with Gasteiger partial charge in [0.15, 0.2) is 9.84 Å². The molecule has 0 bridgehead atoms. The van der Waals surface area contributed by atoms with Crippen LogP contribution >= 0.6 is 11.8 Å². The van der Waals surface area contributed by atoms with E-state index in [0.717, 1.165) is 18.4 Å². The summed E-state index contributed by atoms with van der Waals surface area (Å²) in [5.41, 5.74) is 12.5. The summed E-state index contributed by atoms with van der Waals surface area (Å²) in [7, 11) is -3.56. The first-order valence-corrected chi connectivity index (χ1v) is 11.8. The highest BCUT2D eigenvalue weighted by molar-refractivity contribution is 8.04. The van der Waals surface area contributed by atoms with Gasteiger partial charge in [0.05, 0.1) is 28.2 Å². The lowest BCUT2D eigenvalue weighted by Crippen LogP contribution is -2.50. The maximum Gasteiger partial charge on any atom is 0.416 e. The Morgan fingerprint density at radius 2 is 1.71 bits per heavy atom. The van der Waals surface area contributed by atoms with Gasteiger partial charge < -0.3 is 21.3 Å². The first kappa shape index (κ1) is 21.7. The molecule has 0 aromatic heterocycles. The molecule has 7 nitrogen and oxygen atoms in total. The van der Waals surface area contributed by atoms with Crippen molar-refractivity contribution < 1.29 is 21.6 Å². The van der Waals surface area contributed by atoms with Crippen molar-refractivity contribution >= 4 is 39.3 Å². The summed E-state index contributed by atoms with van der Waals surface area (Å²) >= 11 is 1.21. The van der Waals surface area contributed by atoms with Crippen LogP contribution in [0.25, 0.3) is 0 Å². The van der Waals surface area contributed by atoms with Crippen molar-refractivity contribution in [3.63, 3.8) is 0 Å². The Morgan fingerprint density at radius 1 is 1.06 bits per heavy atom. The smallest absolute Gasteiger partial charge is 0.313 e. The minimum atomic E-state index is -4.45. The number of rotatable bonds is 3. The van der Waals surface area contributed by atoms with E-state index in [1.165, 1.54) is 41.2 Å². The highest BCUT2D eigenvalue weighted by Gasteiger charge is 2.40. The highest BCUT2D eigenvalue weighted by Crippen LogP contribution is 2.45. The van der Waals surface area contributed by atoms with E-state index in [0.29, 0.717) is 22.1 Å². The third-order valence-electron chi connectivity index (χ3n) is 4.86. The maximum atomic E-state index is 12.9. The Balaban J connectivity index is 1.73. The lowest BCUT2D eigenvalue weighted by Gasteiger charge is -2.36. The number of sulfone groups is 1. The van der Waals surface area contributed by atoms with Crippen LogP contribution in [-0.4, -0.2) is 32.7 Å². The van der Waals surface area contributed by atoms with E-state index in [1.807, 2.05) is 0 Å². The molecule has 0 saturated carbocycles. The van der Waals surface area contributed by atoms with Crippen molar-refractivity contribution in [2.24, 2.45) is 16.5 Å². The number of hydrogen-bond donors (Lipinski definition) is 2. The van der Waals surface area contributed by atoms with Crippen LogP contribution in [-0.2, 0) is 16.0 Å². The van der Waals surface area contributed by atoms with E-state index in [-0.39, 0.29) is 4.90 Å². The van der Waals surface area contributed by atoms with Gasteiger partial charge in [-0.05, 0) is 36.4 Å². The summed E-state index contributed by atoms with van der Waals surface area (Å²) in [6, 6.07) is 10.9. The van der Waals surface area contributed by atoms with Crippen LogP contribution in [0.5, 0.6) is 0 Å². The molecule has 0 saturated heterocycles. The van der Waals surface area contributed by atoms with Crippen molar-refractivity contribution in [1.29, 1.82) is 0 Å². The van der Waals surface area contributed by atoms with Gasteiger partial charge in [0.25, 0.3) is 0 Å². The zero-order valence-electron chi connectivity index (χ0n) is 16.1. The number of hydrogen-bond acceptors (Lipinski definition) is 8. The minimum Gasteiger partial charge on any atom is -0.313 e. The first-order valence-electron chi connectivity index (χ1n) is 8.98. The predicted octanol–water partition coefficient (Wildman–Crippen LogP) is 2.91. The first-order chi connectivity index (χ1) is 14.5. The zero-order valence-corrected chi connectivity index (χ0v) is 17.7. The van der Waals surface area contributed by atoms with Crippen LogP contribution in [0.3, 0.4) is 0 Å². The molecule has 12 heteroatoms. The Kier molecular flexibility index (Phi) is 5.28. The Labute approximate surface area is 181 Å². The SMILES string of the molecule is CS(=O)(=O)c1ccccc1N1C2=C(N=CN(c3ccc(C(F)(F)F)cc3)C2N)SC1N. The van der Waals surface area contributed by atoms with Gasteiger partial charge >= 0.3 is 6.18 Å². The second-order valence-corrected chi connectivity index (χ2v) is 10.0. The monoisotopic (exact) mass is 469 g/mol. The standard InChI is InChI=1S/C19H18F3N5O2S2/c1-31(28,29)14-5-3-2-4-13(14)27-15-16(23)26(10-25-17(15)30-18(27)24)12-8-6-11(7-9-12)19(20,21)22/h2-10,16,18H,23-24H2,1H3. The highest BCUT2D eigenvalue weighted by atomic mass is 32.2. The van der Waals surface area contributed by atoms with Crippen LogP contribution in [0.4, 0.5) is 24.5 Å². The third-order valence-corrected chi connectivity index (χ3v) is 7.00. The second-order valence-electron chi connectivity index (χ2n) is 6.95. The van der Waals surface area contributed by atoms with Crippen molar-refractivity contribution in [3.8, 4) is 0 Å². The molecular weight excluding hydrogens is 451 g/mol. The Hall–Kier alpha value is -2.54. The molecule has 2 heterocycles. The molecule has 0 amide bonds. The fourth-order valence-electron chi connectivity index (χ4n) is 3.44. The number of anilines is 2. The fourth-order valence-corrected chi connectivity index (χ4v) is 5.32. The number of para-hydroxylation sites is 1. The molecule has 164 valence electrons. The third kappa shape index (κ3) is 3.91. The quantitative estimate of drug-likeness (QED) is 0.712. The van der Waals surface area contributed by atoms with Gasteiger partial charge in [-0.1, -0.05) is 23.9 Å². The molecule has 2 aliphatic heterocycles. The molecule has 2 aromatic rings. The summed E-state index contributed by atoms with van der Waals surface area (Å²) in [5, 5.41) is 0.520.